The van der Waals surface area contributed by atoms with Gasteiger partial charge in [-0.15, -0.1) is 12.4 Å². The first-order valence-electron chi connectivity index (χ1n) is 6.35. The number of hydrogen-bond donors (Lipinski definition) is 2. The first-order valence-corrected chi connectivity index (χ1v) is 6.35. The molecule has 1 aliphatic heterocycles. The molecule has 1 heterocycles. The third kappa shape index (κ3) is 5.76. The molecule has 1 unspecified atom stereocenters. The number of halogens is 1. The van der Waals surface area contributed by atoms with Crippen LogP contribution >= 0.6 is 12.4 Å². The zero-order valence-electron chi connectivity index (χ0n) is 11.8. The van der Waals surface area contributed by atoms with E-state index >= 15 is 0 Å². The van der Waals surface area contributed by atoms with Gasteiger partial charge in [-0.1, -0.05) is 0 Å². The average molecular weight is 294 g/mol. The number of carbonyl (C=O) groups excluding carboxylic acids is 2. The van der Waals surface area contributed by atoms with E-state index in [2.05, 4.69) is 10.6 Å². The van der Waals surface area contributed by atoms with Crippen LogP contribution in [0, 0.1) is 0 Å². The van der Waals surface area contributed by atoms with E-state index in [9.17, 15) is 9.59 Å². The maximum atomic E-state index is 11.9. The molecule has 0 aromatic carbocycles. The molecule has 0 spiro atoms. The van der Waals surface area contributed by atoms with Gasteiger partial charge in [0.15, 0.2) is 0 Å². The predicted octanol–water partition coefficient (Wildman–Crippen LogP) is -0.230. The molecule has 1 aliphatic rings. The highest BCUT2D eigenvalue weighted by Gasteiger charge is 2.33. The fraction of sp³-hybridized carbons (Fsp3) is 0.833. The minimum absolute atomic E-state index is 0. The summed E-state index contributed by atoms with van der Waals surface area (Å²) in [5.74, 6) is -0.120. The zero-order chi connectivity index (χ0) is 13.5. The van der Waals surface area contributed by atoms with Gasteiger partial charge in [0.25, 0.3) is 0 Å². The van der Waals surface area contributed by atoms with Crippen LogP contribution in [0.3, 0.4) is 0 Å². The van der Waals surface area contributed by atoms with Crippen LogP contribution in [-0.4, -0.2) is 62.1 Å². The summed E-state index contributed by atoms with van der Waals surface area (Å²) in [6.07, 6.45) is 0.695. The third-order valence-electron chi connectivity index (χ3n) is 2.97. The quantitative estimate of drug-likeness (QED) is 0.636. The summed E-state index contributed by atoms with van der Waals surface area (Å²) in [4.78, 5) is 25.3. The van der Waals surface area contributed by atoms with Crippen LogP contribution in [0.25, 0.3) is 0 Å². The minimum atomic E-state index is -0.357. The van der Waals surface area contributed by atoms with E-state index in [-0.39, 0.29) is 42.8 Å². The monoisotopic (exact) mass is 293 g/mol. The van der Waals surface area contributed by atoms with E-state index < -0.39 is 0 Å². The molecule has 1 rings (SSSR count). The summed E-state index contributed by atoms with van der Waals surface area (Å²) in [6.45, 7) is 6.09. The maximum absolute atomic E-state index is 11.9. The van der Waals surface area contributed by atoms with Gasteiger partial charge < -0.3 is 20.3 Å². The third-order valence-corrected chi connectivity index (χ3v) is 2.97. The second-order valence-corrected chi connectivity index (χ2v) is 4.70. The number of nitrogens with zero attached hydrogens (tertiary/aromatic N) is 1. The highest BCUT2D eigenvalue weighted by atomic mass is 35.5. The van der Waals surface area contributed by atoms with Crippen molar-refractivity contribution in [1.29, 1.82) is 0 Å². The molecular weight excluding hydrogens is 270 g/mol. The number of rotatable bonds is 7. The lowest BCUT2D eigenvalue weighted by Gasteiger charge is -2.21. The van der Waals surface area contributed by atoms with Gasteiger partial charge in [0.2, 0.25) is 11.8 Å². The number of hydrogen-bond acceptors (Lipinski definition) is 4. The van der Waals surface area contributed by atoms with E-state index in [0.717, 1.165) is 6.54 Å². The lowest BCUT2D eigenvalue weighted by molar-refractivity contribution is -0.133. The van der Waals surface area contributed by atoms with E-state index in [1.54, 1.807) is 12.0 Å². The molecule has 0 bridgehead atoms. The Morgan fingerprint density at radius 3 is 2.74 bits per heavy atom. The highest BCUT2D eigenvalue weighted by molar-refractivity contribution is 5.89. The predicted molar refractivity (Wildman–Crippen MR) is 75.4 cm³/mol. The summed E-state index contributed by atoms with van der Waals surface area (Å²) in [5.41, 5.74) is 0. The Morgan fingerprint density at radius 1 is 1.53 bits per heavy atom. The largest absolute Gasteiger partial charge is 0.383 e. The van der Waals surface area contributed by atoms with Crippen LogP contribution in [0.1, 0.15) is 20.3 Å². The molecule has 7 heteroatoms. The fourth-order valence-corrected chi connectivity index (χ4v) is 1.97. The molecule has 0 aromatic heterocycles. The van der Waals surface area contributed by atoms with Gasteiger partial charge in [0, 0.05) is 26.2 Å². The SMILES string of the molecule is COCCNCC(=O)NC1CCN(C(C)C)C1=O.Cl. The summed E-state index contributed by atoms with van der Waals surface area (Å²) < 4.78 is 4.86. The van der Waals surface area contributed by atoms with E-state index in [1.807, 2.05) is 13.8 Å². The Balaban J connectivity index is 0.00000324. The van der Waals surface area contributed by atoms with Crippen LogP contribution < -0.4 is 10.6 Å². The van der Waals surface area contributed by atoms with Crippen molar-refractivity contribution < 1.29 is 14.3 Å². The van der Waals surface area contributed by atoms with Gasteiger partial charge in [0.1, 0.15) is 6.04 Å². The molecule has 1 saturated heterocycles. The molecule has 0 saturated carbocycles. The first-order chi connectivity index (χ1) is 8.56. The Bertz CT molecular complexity index is 300. The Labute approximate surface area is 120 Å². The molecule has 0 aromatic rings. The van der Waals surface area contributed by atoms with Crippen molar-refractivity contribution >= 4 is 24.2 Å². The average Bonchev–Trinajstić information content (AvgIpc) is 2.67. The Morgan fingerprint density at radius 2 is 2.21 bits per heavy atom. The topological polar surface area (TPSA) is 70.7 Å². The van der Waals surface area contributed by atoms with E-state index in [0.29, 0.717) is 19.6 Å². The van der Waals surface area contributed by atoms with Crippen LogP contribution in [-0.2, 0) is 14.3 Å². The van der Waals surface area contributed by atoms with Gasteiger partial charge in [-0.2, -0.15) is 0 Å². The maximum Gasteiger partial charge on any atom is 0.245 e. The van der Waals surface area contributed by atoms with Crippen molar-refractivity contribution in [2.45, 2.75) is 32.4 Å². The van der Waals surface area contributed by atoms with Crippen molar-refractivity contribution in [3.8, 4) is 0 Å². The van der Waals surface area contributed by atoms with E-state index in [1.165, 1.54) is 0 Å². The molecule has 2 N–H and O–H groups in total. The molecule has 6 nitrogen and oxygen atoms in total. The second kappa shape index (κ2) is 9.12. The van der Waals surface area contributed by atoms with Crippen LogP contribution in [0.2, 0.25) is 0 Å². The highest BCUT2D eigenvalue weighted by Crippen LogP contribution is 2.13. The molecular formula is C12H24ClN3O3. The molecule has 0 aliphatic carbocycles. The van der Waals surface area contributed by atoms with Crippen molar-refractivity contribution in [1.82, 2.24) is 15.5 Å². The molecule has 112 valence electrons. The lowest BCUT2D eigenvalue weighted by atomic mass is 10.2. The standard InChI is InChI=1S/C12H23N3O3.ClH/c1-9(2)15-6-4-10(12(15)17)14-11(16)8-13-5-7-18-3;/h9-10,13H,4-8H2,1-3H3,(H,14,16);1H. The molecule has 1 fully saturated rings. The van der Waals surface area contributed by atoms with Crippen molar-refractivity contribution in [2.75, 3.05) is 33.4 Å². The second-order valence-electron chi connectivity index (χ2n) is 4.70. The minimum Gasteiger partial charge on any atom is -0.383 e. The lowest BCUT2D eigenvalue weighted by Crippen LogP contribution is -2.46. The summed E-state index contributed by atoms with van der Waals surface area (Å²) in [7, 11) is 1.61. The number of carbonyl (C=O) groups is 2. The van der Waals surface area contributed by atoms with Crippen LogP contribution in [0.4, 0.5) is 0 Å². The normalized spacial score (nSPS) is 18.6. The smallest absolute Gasteiger partial charge is 0.245 e. The van der Waals surface area contributed by atoms with Gasteiger partial charge in [-0.3, -0.25) is 9.59 Å². The summed E-state index contributed by atoms with van der Waals surface area (Å²) in [6, 6.07) is -0.164. The number of ether oxygens (including phenoxy) is 1. The van der Waals surface area contributed by atoms with Crippen LogP contribution in [0.5, 0.6) is 0 Å². The van der Waals surface area contributed by atoms with Gasteiger partial charge in [-0.25, -0.2) is 0 Å². The molecule has 19 heavy (non-hydrogen) atoms. The zero-order valence-corrected chi connectivity index (χ0v) is 12.6. The van der Waals surface area contributed by atoms with Crippen molar-refractivity contribution in [2.24, 2.45) is 0 Å². The summed E-state index contributed by atoms with van der Waals surface area (Å²) in [5, 5.41) is 5.70. The number of methoxy groups -OCH3 is 1. The van der Waals surface area contributed by atoms with Gasteiger partial charge in [0.05, 0.1) is 13.2 Å². The molecule has 2 amide bonds. The van der Waals surface area contributed by atoms with E-state index in [4.69, 9.17) is 4.74 Å². The molecule has 1 atom stereocenters. The molecule has 0 radical (unpaired) electrons. The number of nitrogens with one attached hydrogen (secondary N) is 2. The fourth-order valence-electron chi connectivity index (χ4n) is 1.97. The van der Waals surface area contributed by atoms with Gasteiger partial charge >= 0.3 is 0 Å². The number of amides is 2. The Kier molecular flexibility index (Phi) is 8.71. The summed E-state index contributed by atoms with van der Waals surface area (Å²) >= 11 is 0. The number of likely N-dealkylation sites (tertiary alicyclic amines) is 1. The van der Waals surface area contributed by atoms with Gasteiger partial charge in [-0.05, 0) is 20.3 Å². The van der Waals surface area contributed by atoms with Crippen LogP contribution in [0.15, 0.2) is 0 Å². The first kappa shape index (κ1) is 18.1. The Hall–Kier alpha value is -0.850. The van der Waals surface area contributed by atoms with Crippen molar-refractivity contribution in [3.05, 3.63) is 0 Å². The van der Waals surface area contributed by atoms with Crippen molar-refractivity contribution in [3.63, 3.8) is 0 Å².